The number of aromatic nitrogens is 2. The topological polar surface area (TPSA) is 83.5 Å². The molecule has 2 saturated heterocycles. The fourth-order valence-electron chi connectivity index (χ4n) is 4.21. The average molecular weight is 433 g/mol. The van der Waals surface area contributed by atoms with E-state index in [1.807, 2.05) is 0 Å². The fraction of sp³-hybridized carbons (Fsp3) is 0.476. The third kappa shape index (κ3) is 4.16. The van der Waals surface area contributed by atoms with Crippen molar-refractivity contribution in [2.45, 2.75) is 36.5 Å². The fourth-order valence-corrected chi connectivity index (χ4v) is 5.05. The number of sulfone groups is 1. The van der Waals surface area contributed by atoms with Gasteiger partial charge in [0.05, 0.1) is 17.5 Å². The summed E-state index contributed by atoms with van der Waals surface area (Å²) >= 11 is 0. The summed E-state index contributed by atoms with van der Waals surface area (Å²) in [6.07, 6.45) is 6.05. The second kappa shape index (κ2) is 8.29. The van der Waals surface area contributed by atoms with E-state index in [-0.39, 0.29) is 22.3 Å². The van der Waals surface area contributed by atoms with Gasteiger partial charge in [-0.05, 0) is 37.8 Å². The predicted molar refractivity (Wildman–Crippen MR) is 111 cm³/mol. The number of benzene rings is 1. The van der Waals surface area contributed by atoms with Crippen LogP contribution in [0.4, 0.5) is 10.3 Å². The lowest BCUT2D eigenvalue weighted by molar-refractivity contribution is 0.0700. The van der Waals surface area contributed by atoms with Crippen LogP contribution < -0.4 is 4.90 Å². The van der Waals surface area contributed by atoms with Gasteiger partial charge >= 0.3 is 0 Å². The molecule has 0 spiro atoms. The summed E-state index contributed by atoms with van der Waals surface area (Å²) < 4.78 is 38.9. The maximum absolute atomic E-state index is 14.1. The molecule has 9 heteroatoms. The Bertz CT molecular complexity index is 1050. The normalized spacial score (nSPS) is 19.9. The van der Waals surface area contributed by atoms with Gasteiger partial charge in [-0.1, -0.05) is 12.1 Å². The number of piperidine rings is 1. The van der Waals surface area contributed by atoms with E-state index in [0.29, 0.717) is 37.6 Å². The lowest BCUT2D eigenvalue weighted by Gasteiger charge is -2.33. The van der Waals surface area contributed by atoms with Crippen molar-refractivity contribution in [2.24, 2.45) is 0 Å². The van der Waals surface area contributed by atoms with Crippen LogP contribution in [0.25, 0.3) is 0 Å². The second-order valence-electron chi connectivity index (χ2n) is 7.96. The van der Waals surface area contributed by atoms with Crippen molar-refractivity contribution in [3.8, 4) is 0 Å². The molecule has 2 aromatic rings. The Hall–Kier alpha value is -2.55. The average Bonchev–Trinajstić information content (AvgIpc) is 3.28. The molecule has 1 aromatic carbocycles. The SMILES string of the molecule is CS(=O)(=O)c1cnc(N2CCCC2)nc1C1CCCN(C(=O)c2ccccc2F)C1. The molecule has 1 atom stereocenters. The Balaban J connectivity index is 1.66. The van der Waals surface area contributed by atoms with Crippen LogP contribution in [-0.4, -0.2) is 61.6 Å². The molecule has 0 radical (unpaired) electrons. The molecule has 1 unspecified atom stereocenters. The summed E-state index contributed by atoms with van der Waals surface area (Å²) in [5.74, 6) is -0.650. The maximum atomic E-state index is 14.1. The quantitative estimate of drug-likeness (QED) is 0.739. The molecule has 30 heavy (non-hydrogen) atoms. The van der Waals surface area contributed by atoms with Crippen LogP contribution in [0.2, 0.25) is 0 Å². The Morgan fingerprint density at radius 3 is 2.57 bits per heavy atom. The smallest absolute Gasteiger partial charge is 0.256 e. The summed E-state index contributed by atoms with van der Waals surface area (Å²) in [7, 11) is -3.53. The van der Waals surface area contributed by atoms with Gasteiger partial charge in [0.1, 0.15) is 10.7 Å². The number of halogens is 1. The van der Waals surface area contributed by atoms with Crippen LogP contribution in [0.5, 0.6) is 0 Å². The van der Waals surface area contributed by atoms with Crippen LogP contribution in [0.1, 0.15) is 47.7 Å². The van der Waals surface area contributed by atoms with Crippen molar-refractivity contribution in [3.05, 3.63) is 47.5 Å². The molecule has 1 aromatic heterocycles. The van der Waals surface area contributed by atoms with Crippen LogP contribution in [0.3, 0.4) is 0 Å². The highest BCUT2D eigenvalue weighted by molar-refractivity contribution is 7.90. The number of carbonyl (C=O) groups excluding carboxylic acids is 1. The van der Waals surface area contributed by atoms with Crippen molar-refractivity contribution in [2.75, 3.05) is 37.3 Å². The molecular formula is C21H25FN4O3S. The second-order valence-corrected chi connectivity index (χ2v) is 9.94. The third-order valence-electron chi connectivity index (χ3n) is 5.76. The number of likely N-dealkylation sites (tertiary alicyclic amines) is 1. The van der Waals surface area contributed by atoms with E-state index >= 15 is 0 Å². The number of amides is 1. The van der Waals surface area contributed by atoms with Gasteiger partial charge in [-0.2, -0.15) is 0 Å². The highest BCUT2D eigenvalue weighted by atomic mass is 32.2. The molecular weight excluding hydrogens is 407 g/mol. The molecule has 0 aliphatic carbocycles. The van der Waals surface area contributed by atoms with E-state index in [4.69, 9.17) is 0 Å². The predicted octanol–water partition coefficient (Wildman–Crippen LogP) is 2.64. The van der Waals surface area contributed by atoms with Crippen LogP contribution >= 0.6 is 0 Å². The van der Waals surface area contributed by atoms with E-state index in [2.05, 4.69) is 14.9 Å². The summed E-state index contributed by atoms with van der Waals surface area (Å²) in [6, 6.07) is 5.92. The van der Waals surface area contributed by atoms with Gasteiger partial charge in [0.15, 0.2) is 9.84 Å². The minimum absolute atomic E-state index is 0.0296. The first kappa shape index (κ1) is 20.7. The summed E-state index contributed by atoms with van der Waals surface area (Å²) in [5.41, 5.74) is 0.488. The van der Waals surface area contributed by atoms with Crippen molar-refractivity contribution >= 4 is 21.7 Å². The largest absolute Gasteiger partial charge is 0.341 e. The van der Waals surface area contributed by atoms with E-state index < -0.39 is 15.7 Å². The van der Waals surface area contributed by atoms with Gasteiger partial charge < -0.3 is 9.80 Å². The maximum Gasteiger partial charge on any atom is 0.256 e. The minimum atomic E-state index is -3.53. The molecule has 2 aliphatic rings. The first-order valence-corrected chi connectivity index (χ1v) is 12.1. The summed E-state index contributed by atoms with van der Waals surface area (Å²) in [6.45, 7) is 2.49. The van der Waals surface area contributed by atoms with Gasteiger partial charge in [-0.3, -0.25) is 4.79 Å². The number of hydrogen-bond acceptors (Lipinski definition) is 6. The van der Waals surface area contributed by atoms with E-state index in [9.17, 15) is 17.6 Å². The molecule has 3 heterocycles. The Morgan fingerprint density at radius 1 is 1.13 bits per heavy atom. The van der Waals surface area contributed by atoms with Crippen molar-refractivity contribution < 1.29 is 17.6 Å². The lowest BCUT2D eigenvalue weighted by atomic mass is 9.94. The zero-order chi connectivity index (χ0) is 21.3. The van der Waals surface area contributed by atoms with Crippen LogP contribution in [0.15, 0.2) is 35.4 Å². The van der Waals surface area contributed by atoms with Crippen LogP contribution in [0, 0.1) is 5.82 Å². The van der Waals surface area contributed by atoms with Crippen molar-refractivity contribution in [3.63, 3.8) is 0 Å². The molecule has 0 saturated carbocycles. The van der Waals surface area contributed by atoms with E-state index in [0.717, 1.165) is 32.2 Å². The standard InChI is InChI=1S/C21H25FN4O3S/c1-30(28,29)18-13-23-21(25-10-4-5-11-25)24-19(18)15-7-6-12-26(14-15)20(27)16-8-2-3-9-17(16)22/h2-3,8-9,13,15H,4-7,10-12,14H2,1H3. The molecule has 2 aliphatic heterocycles. The number of nitrogens with zero attached hydrogens (tertiary/aromatic N) is 4. The minimum Gasteiger partial charge on any atom is -0.341 e. The molecule has 0 bridgehead atoms. The first-order chi connectivity index (χ1) is 14.3. The summed E-state index contributed by atoms with van der Waals surface area (Å²) in [4.78, 5) is 25.6. The van der Waals surface area contributed by atoms with Crippen LogP contribution in [-0.2, 0) is 9.84 Å². The van der Waals surface area contributed by atoms with E-state index in [1.54, 1.807) is 17.0 Å². The van der Waals surface area contributed by atoms with Gasteiger partial charge in [0.25, 0.3) is 5.91 Å². The number of rotatable bonds is 4. The monoisotopic (exact) mass is 432 g/mol. The number of carbonyl (C=O) groups is 1. The van der Waals surface area contributed by atoms with Gasteiger partial charge in [-0.15, -0.1) is 0 Å². The lowest BCUT2D eigenvalue weighted by Crippen LogP contribution is -2.40. The molecule has 1 amide bonds. The Kier molecular flexibility index (Phi) is 5.73. The highest BCUT2D eigenvalue weighted by Crippen LogP contribution is 2.32. The van der Waals surface area contributed by atoms with Gasteiger partial charge in [0.2, 0.25) is 5.95 Å². The molecule has 2 fully saturated rings. The van der Waals surface area contributed by atoms with Crippen molar-refractivity contribution in [1.29, 1.82) is 0 Å². The zero-order valence-electron chi connectivity index (χ0n) is 16.9. The van der Waals surface area contributed by atoms with Gasteiger partial charge in [-0.25, -0.2) is 22.8 Å². The van der Waals surface area contributed by atoms with Crippen molar-refractivity contribution in [1.82, 2.24) is 14.9 Å². The first-order valence-electron chi connectivity index (χ1n) is 10.2. The zero-order valence-corrected chi connectivity index (χ0v) is 17.7. The molecule has 7 nitrogen and oxygen atoms in total. The summed E-state index contributed by atoms with van der Waals surface area (Å²) in [5, 5.41) is 0. The number of hydrogen-bond donors (Lipinski definition) is 0. The van der Waals surface area contributed by atoms with E-state index in [1.165, 1.54) is 18.3 Å². The molecule has 0 N–H and O–H groups in total. The number of anilines is 1. The molecule has 160 valence electrons. The highest BCUT2D eigenvalue weighted by Gasteiger charge is 2.32. The Morgan fingerprint density at radius 2 is 1.87 bits per heavy atom. The molecule has 4 rings (SSSR count). The Labute approximate surface area is 175 Å². The third-order valence-corrected chi connectivity index (χ3v) is 6.87. The van der Waals surface area contributed by atoms with Gasteiger partial charge in [0, 0.05) is 38.4 Å².